The van der Waals surface area contributed by atoms with Crippen LogP contribution in [0.15, 0.2) is 91.0 Å². The van der Waals surface area contributed by atoms with E-state index in [0.29, 0.717) is 11.5 Å². The van der Waals surface area contributed by atoms with Gasteiger partial charge in [-0.05, 0) is 49.7 Å². The number of benzene rings is 3. The minimum Gasteiger partial charge on any atom is -0.467 e. The topological polar surface area (TPSA) is 69.0 Å². The van der Waals surface area contributed by atoms with Gasteiger partial charge in [-0.3, -0.25) is 4.79 Å². The lowest BCUT2D eigenvalue weighted by Crippen LogP contribution is -2.20. The maximum Gasteiger partial charge on any atom is 0.262 e. The van der Waals surface area contributed by atoms with Crippen LogP contribution in [0.5, 0.6) is 5.88 Å². The van der Waals surface area contributed by atoms with Crippen LogP contribution >= 0.6 is 0 Å². The molecule has 5 rings (SSSR count). The predicted molar refractivity (Wildman–Crippen MR) is 134 cm³/mol. The number of amides is 1. The first kappa shape index (κ1) is 21.4. The smallest absolute Gasteiger partial charge is 0.262 e. The first-order valence-electron chi connectivity index (χ1n) is 11.1. The van der Waals surface area contributed by atoms with E-state index in [1.54, 1.807) is 0 Å². The Hall–Kier alpha value is -4.45. The maximum absolute atomic E-state index is 12.4. The average Bonchev–Trinajstić information content (AvgIpc) is 3.24. The number of aryl methyl sites for hydroxylation is 2. The number of aromatic nitrogens is 3. The van der Waals surface area contributed by atoms with Crippen LogP contribution in [0.3, 0.4) is 0 Å². The average molecular weight is 449 g/mol. The monoisotopic (exact) mass is 448 g/mol. The fourth-order valence-electron chi connectivity index (χ4n) is 3.95. The van der Waals surface area contributed by atoms with Gasteiger partial charge < -0.3 is 10.1 Å². The molecule has 0 saturated carbocycles. The van der Waals surface area contributed by atoms with Crippen molar-refractivity contribution in [3.63, 3.8) is 0 Å². The van der Waals surface area contributed by atoms with Gasteiger partial charge in [0.15, 0.2) is 12.3 Å². The van der Waals surface area contributed by atoms with Crippen molar-refractivity contribution in [1.29, 1.82) is 0 Å². The van der Waals surface area contributed by atoms with Crippen LogP contribution in [0.4, 0.5) is 5.69 Å². The number of hydrogen-bond donors (Lipinski definition) is 1. The van der Waals surface area contributed by atoms with Gasteiger partial charge in [-0.2, -0.15) is 10.1 Å². The normalized spacial score (nSPS) is 10.9. The van der Waals surface area contributed by atoms with Gasteiger partial charge in [0, 0.05) is 17.3 Å². The first-order valence-corrected chi connectivity index (χ1v) is 11.1. The van der Waals surface area contributed by atoms with E-state index in [2.05, 4.69) is 30.4 Å². The number of hydrogen-bond acceptors (Lipinski definition) is 4. The zero-order chi connectivity index (χ0) is 23.5. The molecule has 1 amide bonds. The molecule has 34 heavy (non-hydrogen) atoms. The summed E-state index contributed by atoms with van der Waals surface area (Å²) in [5.41, 5.74) is 6.33. The molecule has 6 heteroatoms. The quantitative estimate of drug-likeness (QED) is 0.361. The molecule has 2 aromatic heterocycles. The van der Waals surface area contributed by atoms with Crippen LogP contribution < -0.4 is 10.1 Å². The largest absolute Gasteiger partial charge is 0.467 e. The van der Waals surface area contributed by atoms with Crippen molar-refractivity contribution >= 4 is 22.6 Å². The highest BCUT2D eigenvalue weighted by Gasteiger charge is 2.19. The Morgan fingerprint density at radius 3 is 2.38 bits per heavy atom. The molecule has 0 fully saturated rings. The summed E-state index contributed by atoms with van der Waals surface area (Å²) < 4.78 is 7.62. The minimum absolute atomic E-state index is 0.142. The molecule has 0 radical (unpaired) electrons. The number of nitrogens with one attached hydrogen (secondary N) is 1. The lowest BCUT2D eigenvalue weighted by Gasteiger charge is -2.09. The molecule has 0 aliphatic heterocycles. The first-order chi connectivity index (χ1) is 16.6. The van der Waals surface area contributed by atoms with Gasteiger partial charge in [0.05, 0.1) is 11.1 Å². The molecule has 6 nitrogen and oxygen atoms in total. The molecular formula is C28H24N4O2. The molecule has 0 aliphatic rings. The lowest BCUT2D eigenvalue weighted by atomic mass is 10.0. The predicted octanol–water partition coefficient (Wildman–Crippen LogP) is 5.72. The summed E-state index contributed by atoms with van der Waals surface area (Å²) in [6.07, 6.45) is 0. The van der Waals surface area contributed by atoms with E-state index >= 15 is 0 Å². The Morgan fingerprint density at radius 2 is 1.65 bits per heavy atom. The third-order valence-electron chi connectivity index (χ3n) is 5.51. The highest BCUT2D eigenvalue weighted by atomic mass is 16.5. The minimum atomic E-state index is -0.247. The summed E-state index contributed by atoms with van der Waals surface area (Å²) in [7, 11) is 0. The summed E-state index contributed by atoms with van der Waals surface area (Å²) in [4.78, 5) is 17.1. The van der Waals surface area contributed by atoms with Gasteiger partial charge in [-0.1, -0.05) is 60.2 Å². The second kappa shape index (κ2) is 9.19. The summed E-state index contributed by atoms with van der Waals surface area (Å²) >= 11 is 0. The van der Waals surface area contributed by atoms with Crippen molar-refractivity contribution in [2.45, 2.75) is 13.8 Å². The maximum atomic E-state index is 12.4. The zero-order valence-electron chi connectivity index (χ0n) is 19.0. The van der Waals surface area contributed by atoms with Gasteiger partial charge in [0.25, 0.3) is 5.91 Å². The summed E-state index contributed by atoms with van der Waals surface area (Å²) in [5, 5.41) is 8.72. The molecular weight excluding hydrogens is 424 g/mol. The second-order valence-corrected chi connectivity index (χ2v) is 8.14. The Kier molecular flexibility index (Phi) is 5.79. The second-order valence-electron chi connectivity index (χ2n) is 8.14. The highest BCUT2D eigenvalue weighted by molar-refractivity contribution is 5.95. The molecule has 3 aromatic carbocycles. The van der Waals surface area contributed by atoms with Crippen molar-refractivity contribution in [2.24, 2.45) is 0 Å². The lowest BCUT2D eigenvalue weighted by molar-refractivity contribution is -0.118. The van der Waals surface area contributed by atoms with Crippen molar-refractivity contribution in [3.8, 4) is 22.8 Å². The fourth-order valence-corrected chi connectivity index (χ4v) is 3.95. The number of rotatable bonds is 6. The van der Waals surface area contributed by atoms with E-state index < -0.39 is 0 Å². The number of carbonyl (C=O) groups excluding carboxylic acids is 1. The van der Waals surface area contributed by atoms with E-state index in [0.717, 1.165) is 39.1 Å². The molecule has 1 N–H and O–H groups in total. The molecule has 0 atom stereocenters. The van der Waals surface area contributed by atoms with Crippen LogP contribution in [0.1, 0.15) is 11.1 Å². The molecule has 0 spiro atoms. The van der Waals surface area contributed by atoms with Gasteiger partial charge in [0.2, 0.25) is 5.88 Å². The third-order valence-corrected chi connectivity index (χ3v) is 5.51. The molecule has 5 aromatic rings. The zero-order valence-corrected chi connectivity index (χ0v) is 19.0. The Labute approximate surface area is 197 Å². The molecule has 0 aliphatic carbocycles. The number of anilines is 1. The molecule has 0 saturated heterocycles. The molecule has 168 valence electrons. The van der Waals surface area contributed by atoms with Crippen LogP contribution in [0.2, 0.25) is 0 Å². The van der Waals surface area contributed by atoms with Crippen molar-refractivity contribution in [3.05, 3.63) is 102 Å². The van der Waals surface area contributed by atoms with Crippen LogP contribution in [-0.4, -0.2) is 27.3 Å². The SMILES string of the molecule is Cc1cccc(-c2nn(-c3ccccc3)c3nc(OCC(=O)Nc4ccccc4)cc(C)c23)c1. The Bertz CT molecular complexity index is 1460. The van der Waals surface area contributed by atoms with Gasteiger partial charge in [-0.15, -0.1) is 0 Å². The summed E-state index contributed by atoms with van der Waals surface area (Å²) in [6, 6.07) is 29.3. The van der Waals surface area contributed by atoms with E-state index in [-0.39, 0.29) is 12.5 Å². The number of pyridine rings is 1. The van der Waals surface area contributed by atoms with E-state index in [1.807, 2.05) is 84.4 Å². The van der Waals surface area contributed by atoms with E-state index in [1.165, 1.54) is 0 Å². The van der Waals surface area contributed by atoms with Gasteiger partial charge in [0.1, 0.15) is 5.69 Å². The van der Waals surface area contributed by atoms with Crippen LogP contribution in [-0.2, 0) is 4.79 Å². The number of para-hydroxylation sites is 2. The van der Waals surface area contributed by atoms with Gasteiger partial charge >= 0.3 is 0 Å². The number of nitrogens with zero attached hydrogens (tertiary/aromatic N) is 3. The summed E-state index contributed by atoms with van der Waals surface area (Å²) in [6.45, 7) is 3.94. The highest BCUT2D eigenvalue weighted by Crippen LogP contribution is 2.33. The number of carbonyl (C=O) groups is 1. The van der Waals surface area contributed by atoms with Crippen molar-refractivity contribution < 1.29 is 9.53 Å². The number of ether oxygens (including phenoxy) is 1. The standard InChI is InChI=1S/C28H24N4O2/c1-19-10-9-11-21(16-19)27-26-20(2)17-25(34-18-24(33)29-22-12-5-3-6-13-22)30-28(26)32(31-27)23-14-7-4-8-15-23/h3-17H,18H2,1-2H3,(H,29,33). The molecule has 0 bridgehead atoms. The number of fused-ring (bicyclic) bond motifs is 1. The molecule has 0 unspecified atom stereocenters. The fraction of sp³-hybridized carbons (Fsp3) is 0.107. The third kappa shape index (κ3) is 4.38. The van der Waals surface area contributed by atoms with E-state index in [4.69, 9.17) is 14.8 Å². The van der Waals surface area contributed by atoms with Gasteiger partial charge in [-0.25, -0.2) is 4.68 Å². The van der Waals surface area contributed by atoms with Crippen molar-refractivity contribution in [2.75, 3.05) is 11.9 Å². The van der Waals surface area contributed by atoms with Crippen molar-refractivity contribution in [1.82, 2.24) is 14.8 Å². The summed E-state index contributed by atoms with van der Waals surface area (Å²) in [5.74, 6) is 0.129. The Morgan fingerprint density at radius 1 is 0.912 bits per heavy atom. The van der Waals surface area contributed by atoms with Crippen LogP contribution in [0, 0.1) is 13.8 Å². The van der Waals surface area contributed by atoms with Crippen LogP contribution in [0.25, 0.3) is 28.0 Å². The molecule has 2 heterocycles. The van der Waals surface area contributed by atoms with E-state index in [9.17, 15) is 4.79 Å². The Balaban J connectivity index is 1.52.